The minimum atomic E-state index is 0.769. The Morgan fingerprint density at radius 1 is 1.07 bits per heavy atom. The van der Waals surface area contributed by atoms with Gasteiger partial charge < -0.3 is 9.80 Å². The third kappa shape index (κ3) is 3.38. The second kappa shape index (κ2) is 7.69. The number of halogens is 1. The van der Waals surface area contributed by atoms with Gasteiger partial charge in [0.05, 0.1) is 0 Å². The summed E-state index contributed by atoms with van der Waals surface area (Å²) in [7, 11) is 0. The van der Waals surface area contributed by atoms with Gasteiger partial charge in [0.2, 0.25) is 0 Å². The summed E-state index contributed by atoms with van der Waals surface area (Å²) in [5.74, 6) is 1.02. The van der Waals surface area contributed by atoms with E-state index in [0.29, 0.717) is 0 Å². The topological polar surface area (TPSA) is 19.4 Å². The van der Waals surface area contributed by atoms with Crippen LogP contribution in [-0.2, 0) is 0 Å². The Balaban J connectivity index is 1.74. The predicted octanol–water partition coefficient (Wildman–Crippen LogP) is 5.69. The first-order valence-electron chi connectivity index (χ1n) is 9.54. The van der Waals surface area contributed by atoms with Crippen LogP contribution in [0.5, 0.6) is 0 Å². The van der Waals surface area contributed by atoms with E-state index in [1.54, 1.807) is 0 Å². The molecule has 1 saturated heterocycles. The molecular weight excluding hydrogens is 366 g/mol. The third-order valence-corrected chi connectivity index (χ3v) is 5.80. The highest BCUT2D eigenvalue weighted by atomic mass is 35.5. The zero-order chi connectivity index (χ0) is 19.7. The third-order valence-electron chi connectivity index (χ3n) is 5.49. The summed E-state index contributed by atoms with van der Waals surface area (Å²) in [6.45, 7) is 13.7. The Hall–Kier alpha value is -2.78. The van der Waals surface area contributed by atoms with Gasteiger partial charge in [0.15, 0.2) is 0 Å². The lowest BCUT2D eigenvalue weighted by molar-refractivity contribution is 0.331. The molecule has 28 heavy (non-hydrogen) atoms. The molecule has 0 spiro atoms. The molecule has 1 fully saturated rings. The van der Waals surface area contributed by atoms with E-state index in [-0.39, 0.29) is 0 Å². The van der Waals surface area contributed by atoms with Crippen LogP contribution in [0.4, 0.5) is 5.82 Å². The summed E-state index contributed by atoms with van der Waals surface area (Å²) in [6.07, 6.45) is 3.69. The van der Waals surface area contributed by atoms with Crippen molar-refractivity contribution in [2.24, 2.45) is 0 Å². The molecule has 3 aromatic rings. The summed E-state index contributed by atoms with van der Waals surface area (Å²) in [5.41, 5.74) is 4.42. The van der Waals surface area contributed by atoms with Crippen LogP contribution >= 0.6 is 11.6 Å². The molecule has 0 radical (unpaired) electrons. The molecule has 0 bridgehead atoms. The van der Waals surface area contributed by atoms with E-state index in [1.165, 1.54) is 5.56 Å². The van der Waals surface area contributed by atoms with Crippen molar-refractivity contribution in [3.05, 3.63) is 84.2 Å². The van der Waals surface area contributed by atoms with Gasteiger partial charge in [-0.05, 0) is 47.7 Å². The molecule has 2 heterocycles. The molecule has 2 aromatic carbocycles. The van der Waals surface area contributed by atoms with Crippen LogP contribution in [0.2, 0.25) is 5.02 Å². The van der Waals surface area contributed by atoms with Gasteiger partial charge in [0, 0.05) is 54.0 Å². The van der Waals surface area contributed by atoms with E-state index in [2.05, 4.69) is 66.3 Å². The first-order chi connectivity index (χ1) is 13.6. The largest absolute Gasteiger partial charge is 0.368 e. The molecule has 0 amide bonds. The van der Waals surface area contributed by atoms with E-state index in [4.69, 9.17) is 16.6 Å². The maximum Gasteiger partial charge on any atom is 0.136 e. The number of hydrogen-bond donors (Lipinski definition) is 0. The minimum absolute atomic E-state index is 0.769. The molecule has 0 atom stereocenters. The Morgan fingerprint density at radius 3 is 2.54 bits per heavy atom. The fraction of sp³-hybridized carbons (Fsp3) is 0.208. The summed E-state index contributed by atoms with van der Waals surface area (Å²) in [5, 5.41) is 3.03. The van der Waals surface area contributed by atoms with Gasteiger partial charge in [-0.3, -0.25) is 0 Å². The van der Waals surface area contributed by atoms with Crippen molar-refractivity contribution < 1.29 is 0 Å². The predicted molar refractivity (Wildman–Crippen MR) is 120 cm³/mol. The number of aromatic nitrogens is 1. The van der Waals surface area contributed by atoms with Crippen LogP contribution in [-0.4, -0.2) is 36.1 Å². The molecule has 4 rings (SSSR count). The van der Waals surface area contributed by atoms with Gasteiger partial charge in [0.1, 0.15) is 5.82 Å². The van der Waals surface area contributed by atoms with Gasteiger partial charge in [-0.25, -0.2) is 4.98 Å². The summed E-state index contributed by atoms with van der Waals surface area (Å²) >= 11 is 6.66. The molecule has 3 nitrogen and oxygen atoms in total. The van der Waals surface area contributed by atoms with Crippen molar-refractivity contribution in [2.45, 2.75) is 6.92 Å². The van der Waals surface area contributed by atoms with E-state index >= 15 is 0 Å². The van der Waals surface area contributed by atoms with E-state index in [1.807, 2.05) is 18.3 Å². The van der Waals surface area contributed by atoms with Crippen LogP contribution in [0.3, 0.4) is 0 Å². The number of piperazine rings is 1. The number of anilines is 1. The van der Waals surface area contributed by atoms with Crippen LogP contribution < -0.4 is 4.90 Å². The highest BCUT2D eigenvalue weighted by Gasteiger charge is 2.20. The molecule has 0 aliphatic carbocycles. The maximum absolute atomic E-state index is 6.66. The molecule has 1 aliphatic rings. The SMILES string of the molecule is C=CC(=C)N1CCN(c2nccc3cc(Cl)c(-c4ccccc4C)cc23)CC1. The molecule has 142 valence electrons. The number of pyridine rings is 1. The maximum atomic E-state index is 6.66. The average molecular weight is 390 g/mol. The number of rotatable bonds is 4. The Kier molecular flexibility index (Phi) is 5.10. The van der Waals surface area contributed by atoms with Gasteiger partial charge in [-0.2, -0.15) is 0 Å². The molecular formula is C24H24ClN3. The summed E-state index contributed by atoms with van der Waals surface area (Å²) < 4.78 is 0. The molecule has 1 aliphatic heterocycles. The molecule has 0 N–H and O–H groups in total. The fourth-order valence-corrected chi connectivity index (χ4v) is 4.12. The number of hydrogen-bond acceptors (Lipinski definition) is 3. The number of benzene rings is 2. The summed E-state index contributed by atoms with van der Waals surface area (Å²) in [6, 6.07) is 14.6. The normalized spacial score (nSPS) is 14.4. The molecule has 4 heteroatoms. The second-order valence-electron chi connectivity index (χ2n) is 7.17. The van der Waals surface area contributed by atoms with Crippen molar-refractivity contribution >= 4 is 28.2 Å². The first kappa shape index (κ1) is 18.6. The first-order valence-corrected chi connectivity index (χ1v) is 9.92. The van der Waals surface area contributed by atoms with Crippen molar-refractivity contribution in [3.63, 3.8) is 0 Å². The molecule has 0 unspecified atom stereocenters. The lowest BCUT2D eigenvalue weighted by atomic mass is 9.98. The number of allylic oxidation sites excluding steroid dienone is 1. The van der Waals surface area contributed by atoms with E-state index in [0.717, 1.165) is 64.6 Å². The highest BCUT2D eigenvalue weighted by Crippen LogP contribution is 2.36. The zero-order valence-electron chi connectivity index (χ0n) is 16.2. The van der Waals surface area contributed by atoms with Crippen molar-refractivity contribution in [2.75, 3.05) is 31.1 Å². The molecule has 0 saturated carbocycles. The highest BCUT2D eigenvalue weighted by molar-refractivity contribution is 6.34. The quantitative estimate of drug-likeness (QED) is 0.534. The fourth-order valence-electron chi connectivity index (χ4n) is 3.85. The van der Waals surface area contributed by atoms with Crippen molar-refractivity contribution in [3.8, 4) is 11.1 Å². The standard InChI is InChI=1S/C24H24ClN3/c1-4-18(3)27-11-13-28(14-12-27)24-21-16-22(20-8-6-5-7-17(20)2)23(25)15-19(21)9-10-26-24/h4-10,15-16H,1,3,11-14H2,2H3. The second-order valence-corrected chi connectivity index (χ2v) is 7.58. The number of fused-ring (bicyclic) bond motifs is 1. The van der Waals surface area contributed by atoms with E-state index in [9.17, 15) is 0 Å². The molecule has 1 aromatic heterocycles. The smallest absolute Gasteiger partial charge is 0.136 e. The van der Waals surface area contributed by atoms with Crippen molar-refractivity contribution in [1.29, 1.82) is 0 Å². The van der Waals surface area contributed by atoms with Crippen LogP contribution in [0, 0.1) is 6.92 Å². The van der Waals surface area contributed by atoms with Gasteiger partial charge in [-0.1, -0.05) is 49.0 Å². The van der Waals surface area contributed by atoms with Gasteiger partial charge in [0.25, 0.3) is 0 Å². The van der Waals surface area contributed by atoms with Crippen LogP contribution in [0.15, 0.2) is 73.6 Å². The Bertz CT molecular complexity index is 1050. The lowest BCUT2D eigenvalue weighted by Crippen LogP contribution is -2.45. The summed E-state index contributed by atoms with van der Waals surface area (Å²) in [4.78, 5) is 9.35. The van der Waals surface area contributed by atoms with Crippen molar-refractivity contribution in [1.82, 2.24) is 9.88 Å². The average Bonchev–Trinajstić information content (AvgIpc) is 2.73. The van der Waals surface area contributed by atoms with E-state index < -0.39 is 0 Å². The monoisotopic (exact) mass is 389 g/mol. The van der Waals surface area contributed by atoms with Crippen LogP contribution in [0.25, 0.3) is 21.9 Å². The van der Waals surface area contributed by atoms with Gasteiger partial charge >= 0.3 is 0 Å². The Labute approximate surface area is 171 Å². The van der Waals surface area contributed by atoms with Crippen LogP contribution in [0.1, 0.15) is 5.56 Å². The number of aryl methyl sites for hydroxylation is 1. The number of nitrogens with zero attached hydrogens (tertiary/aromatic N) is 3. The minimum Gasteiger partial charge on any atom is -0.368 e. The van der Waals surface area contributed by atoms with Gasteiger partial charge in [-0.15, -0.1) is 0 Å². The zero-order valence-corrected chi connectivity index (χ0v) is 16.9. The lowest BCUT2D eigenvalue weighted by Gasteiger charge is -2.37. The Morgan fingerprint density at radius 2 is 1.82 bits per heavy atom.